The van der Waals surface area contributed by atoms with Crippen LogP contribution in [0.25, 0.3) is 16.9 Å². The maximum absolute atomic E-state index is 12.5. The average Bonchev–Trinajstić information content (AvgIpc) is 3.25. The Kier molecular flexibility index (Phi) is 4.68. The first-order valence-corrected chi connectivity index (χ1v) is 9.37. The Morgan fingerprint density at radius 2 is 1.81 bits per heavy atom. The van der Waals surface area contributed by atoms with E-state index in [0.717, 1.165) is 42.1 Å². The van der Waals surface area contributed by atoms with Crippen LogP contribution in [0, 0.1) is 0 Å². The molecule has 0 atom stereocenters. The van der Waals surface area contributed by atoms with E-state index in [1.165, 1.54) is 5.82 Å². The molecule has 4 rings (SSSR count). The third-order valence-electron chi connectivity index (χ3n) is 4.64. The second-order valence-electron chi connectivity index (χ2n) is 6.16. The molecule has 134 valence electrons. The first-order valence-electron chi connectivity index (χ1n) is 8.49. The Morgan fingerprint density at radius 1 is 1.08 bits per heavy atom. The van der Waals surface area contributed by atoms with Crippen LogP contribution < -0.4 is 9.30 Å². The normalized spacial score (nSPS) is 13.2. The van der Waals surface area contributed by atoms with Gasteiger partial charge in [-0.2, -0.15) is 13.3 Å². The molecule has 0 fully saturated rings. The molecule has 0 radical (unpaired) electrons. The Labute approximate surface area is 155 Å². The highest BCUT2D eigenvalue weighted by molar-refractivity contribution is 7.99. The molecule has 2 aromatic carbocycles. The van der Waals surface area contributed by atoms with Crippen LogP contribution in [0.4, 0.5) is 8.78 Å². The minimum absolute atomic E-state index is 0.574. The molecule has 3 aromatic rings. The summed E-state index contributed by atoms with van der Waals surface area (Å²) < 4.78 is 34.8. The molecule has 1 aliphatic heterocycles. The van der Waals surface area contributed by atoms with Crippen LogP contribution in [0.3, 0.4) is 0 Å². The molecule has 2 heterocycles. The fourth-order valence-corrected chi connectivity index (χ4v) is 3.94. The number of methoxy groups -OCH3 is 1. The summed E-state index contributed by atoms with van der Waals surface area (Å²) in [6.45, 7) is 0.989. The summed E-state index contributed by atoms with van der Waals surface area (Å²) >= 11 is 0.574. The quantitative estimate of drug-likeness (QED) is 0.477. The van der Waals surface area contributed by atoms with Gasteiger partial charge < -0.3 is 4.74 Å². The second kappa shape index (κ2) is 7.11. The number of imidazole rings is 1. The van der Waals surface area contributed by atoms with Crippen LogP contribution in [0.1, 0.15) is 12.2 Å². The molecule has 0 spiro atoms. The average molecular weight is 373 g/mol. The summed E-state index contributed by atoms with van der Waals surface area (Å²) in [6.07, 6.45) is 4.24. The monoisotopic (exact) mass is 373 g/mol. The summed E-state index contributed by atoms with van der Waals surface area (Å²) in [4.78, 5) is 0.579. The zero-order chi connectivity index (χ0) is 18.1. The smallest absolute Gasteiger partial charge is 0.288 e. The van der Waals surface area contributed by atoms with Gasteiger partial charge in [-0.1, -0.05) is 11.8 Å². The van der Waals surface area contributed by atoms with E-state index in [9.17, 15) is 8.78 Å². The van der Waals surface area contributed by atoms with E-state index in [0.29, 0.717) is 16.7 Å². The van der Waals surface area contributed by atoms with Crippen LogP contribution in [0.15, 0.2) is 59.6 Å². The molecule has 0 saturated heterocycles. The number of ether oxygens (including phenoxy) is 1. The van der Waals surface area contributed by atoms with Gasteiger partial charge in [0, 0.05) is 10.5 Å². The van der Waals surface area contributed by atoms with Crippen molar-refractivity contribution in [2.75, 3.05) is 7.11 Å². The predicted molar refractivity (Wildman–Crippen MR) is 98.1 cm³/mol. The van der Waals surface area contributed by atoms with Crippen LogP contribution in [0.2, 0.25) is 0 Å². The molecule has 0 amide bonds. The van der Waals surface area contributed by atoms with Gasteiger partial charge in [0.15, 0.2) is 5.69 Å². The third-order valence-corrected chi connectivity index (χ3v) is 5.36. The van der Waals surface area contributed by atoms with Gasteiger partial charge in [0.25, 0.3) is 11.6 Å². The molecule has 26 heavy (non-hydrogen) atoms. The van der Waals surface area contributed by atoms with E-state index in [-0.39, 0.29) is 0 Å². The first-order chi connectivity index (χ1) is 12.7. The molecular weight excluding hydrogens is 354 g/mol. The SMILES string of the molecule is COc1ccc(-c2cn(-c3ccc(SC(F)F)cc3)c3[n+]2CCC3)cc1. The highest BCUT2D eigenvalue weighted by atomic mass is 32.2. The highest BCUT2D eigenvalue weighted by Crippen LogP contribution is 2.28. The third kappa shape index (κ3) is 3.21. The van der Waals surface area contributed by atoms with Crippen molar-refractivity contribution in [1.82, 2.24) is 4.57 Å². The maximum atomic E-state index is 12.5. The minimum Gasteiger partial charge on any atom is -0.497 e. The lowest BCUT2D eigenvalue weighted by molar-refractivity contribution is -0.679. The number of nitrogens with zero attached hydrogens (tertiary/aromatic N) is 2. The fourth-order valence-electron chi connectivity index (χ4n) is 3.44. The van der Waals surface area contributed by atoms with Gasteiger partial charge in [0.1, 0.15) is 17.6 Å². The van der Waals surface area contributed by atoms with E-state index in [1.807, 2.05) is 24.3 Å². The van der Waals surface area contributed by atoms with Crippen molar-refractivity contribution in [2.45, 2.75) is 30.0 Å². The van der Waals surface area contributed by atoms with E-state index in [2.05, 4.69) is 27.5 Å². The van der Waals surface area contributed by atoms with E-state index >= 15 is 0 Å². The predicted octanol–water partition coefficient (Wildman–Crippen LogP) is 4.70. The number of hydrogen-bond acceptors (Lipinski definition) is 2. The zero-order valence-electron chi connectivity index (χ0n) is 14.4. The van der Waals surface area contributed by atoms with Gasteiger partial charge >= 0.3 is 0 Å². The van der Waals surface area contributed by atoms with Crippen LogP contribution in [-0.2, 0) is 13.0 Å². The topological polar surface area (TPSA) is 18.0 Å². The first kappa shape index (κ1) is 17.1. The van der Waals surface area contributed by atoms with Crippen molar-refractivity contribution >= 4 is 11.8 Å². The second-order valence-corrected chi connectivity index (χ2v) is 7.22. The molecule has 1 aliphatic rings. The molecular formula is C20H19F2N2OS+. The molecule has 1 aromatic heterocycles. The lowest BCUT2D eigenvalue weighted by Crippen LogP contribution is -2.33. The van der Waals surface area contributed by atoms with Gasteiger partial charge in [-0.05, 0) is 55.0 Å². The van der Waals surface area contributed by atoms with Gasteiger partial charge in [0.2, 0.25) is 0 Å². The number of halogens is 2. The number of rotatable bonds is 5. The lowest BCUT2D eigenvalue weighted by atomic mass is 10.1. The van der Waals surface area contributed by atoms with Crippen molar-refractivity contribution in [1.29, 1.82) is 0 Å². The van der Waals surface area contributed by atoms with Gasteiger partial charge in [-0.3, -0.25) is 0 Å². The summed E-state index contributed by atoms with van der Waals surface area (Å²) in [5.41, 5.74) is 3.29. The number of fused-ring (bicyclic) bond motifs is 1. The largest absolute Gasteiger partial charge is 0.497 e. The molecule has 3 nitrogen and oxygen atoms in total. The van der Waals surface area contributed by atoms with Crippen LogP contribution >= 0.6 is 11.8 Å². The van der Waals surface area contributed by atoms with Crippen molar-refractivity contribution in [2.24, 2.45) is 0 Å². The number of thioether (sulfide) groups is 1. The maximum Gasteiger partial charge on any atom is 0.288 e. The zero-order valence-corrected chi connectivity index (χ0v) is 15.2. The van der Waals surface area contributed by atoms with Crippen molar-refractivity contribution in [3.63, 3.8) is 0 Å². The summed E-state index contributed by atoms with van der Waals surface area (Å²) in [7, 11) is 1.66. The fraction of sp³-hybridized carbons (Fsp3) is 0.250. The van der Waals surface area contributed by atoms with Crippen molar-refractivity contribution < 1.29 is 18.1 Å². The van der Waals surface area contributed by atoms with Crippen molar-refractivity contribution in [3.05, 3.63) is 60.6 Å². The Balaban J connectivity index is 1.71. The van der Waals surface area contributed by atoms with E-state index in [1.54, 1.807) is 19.2 Å². The molecule has 6 heteroatoms. The molecule has 0 bridgehead atoms. The molecule has 0 aliphatic carbocycles. The molecule has 0 unspecified atom stereocenters. The van der Waals surface area contributed by atoms with E-state index < -0.39 is 5.76 Å². The minimum atomic E-state index is -2.39. The Bertz CT molecular complexity index is 905. The van der Waals surface area contributed by atoms with E-state index in [4.69, 9.17) is 4.74 Å². The van der Waals surface area contributed by atoms with Gasteiger partial charge in [-0.25, -0.2) is 4.57 Å². The number of benzene rings is 2. The Hall–Kier alpha value is -2.34. The standard InChI is InChI=1S/C20H19F2N2OS/c1-25-16-8-4-14(5-9-16)18-13-24(19-3-2-12-23(18)19)15-6-10-17(11-7-15)26-20(21)22/h4-11,13,20H,2-3,12H2,1H3/q+1. The number of hydrogen-bond donors (Lipinski definition) is 0. The molecule has 0 saturated carbocycles. The van der Waals surface area contributed by atoms with Gasteiger partial charge in [0.05, 0.1) is 20.1 Å². The Morgan fingerprint density at radius 3 is 2.46 bits per heavy atom. The molecule has 0 N–H and O–H groups in total. The number of alkyl halides is 2. The van der Waals surface area contributed by atoms with Crippen LogP contribution in [-0.4, -0.2) is 17.4 Å². The van der Waals surface area contributed by atoms with Crippen molar-refractivity contribution in [3.8, 4) is 22.7 Å². The highest BCUT2D eigenvalue weighted by Gasteiger charge is 2.29. The summed E-state index contributed by atoms with van der Waals surface area (Å²) in [5.74, 6) is -0.319. The number of aromatic nitrogens is 2. The lowest BCUT2D eigenvalue weighted by Gasteiger charge is -2.02. The summed E-state index contributed by atoms with van der Waals surface area (Å²) in [6, 6.07) is 15.4. The van der Waals surface area contributed by atoms with Crippen LogP contribution in [0.5, 0.6) is 5.75 Å². The van der Waals surface area contributed by atoms with Gasteiger partial charge in [-0.15, -0.1) is 0 Å². The summed E-state index contributed by atoms with van der Waals surface area (Å²) in [5, 5.41) is 0.